The van der Waals surface area contributed by atoms with E-state index in [1.807, 2.05) is 0 Å². The Kier molecular flexibility index (Phi) is 1.67. The molecule has 1 N–H and O–H groups in total. The van der Waals surface area contributed by atoms with Crippen molar-refractivity contribution < 1.29 is 14.3 Å². The van der Waals surface area contributed by atoms with Crippen molar-refractivity contribution >= 4 is 11.9 Å². The van der Waals surface area contributed by atoms with E-state index in [4.69, 9.17) is 0 Å². The first kappa shape index (κ1) is 6.07. The average Bonchev–Trinajstić information content (AvgIpc) is 1.97. The molecule has 50 valence electrons. The van der Waals surface area contributed by atoms with Gasteiger partial charge in [-0.05, 0) is 0 Å². The van der Waals surface area contributed by atoms with Crippen LogP contribution in [0.5, 0.6) is 0 Å². The minimum atomic E-state index is -0.312. The second-order valence-corrected chi connectivity index (χ2v) is 1.76. The molecule has 1 rings (SSSR count). The van der Waals surface area contributed by atoms with Crippen molar-refractivity contribution in [2.24, 2.45) is 0 Å². The Morgan fingerprint density at radius 3 is 3.00 bits per heavy atom. The van der Waals surface area contributed by atoms with E-state index in [0.29, 0.717) is 6.54 Å². The number of esters is 1. The second-order valence-electron chi connectivity index (χ2n) is 1.76. The van der Waals surface area contributed by atoms with Gasteiger partial charge in [0.15, 0.2) is 6.61 Å². The molecule has 9 heavy (non-hydrogen) atoms. The first-order valence-electron chi connectivity index (χ1n) is 2.71. The maximum Gasteiger partial charge on any atom is 0.308 e. The number of hydrogen-bond donors (Lipinski definition) is 1. The molecule has 0 aromatic rings. The number of carbonyl (C=O) groups is 2. The molecule has 1 fully saturated rings. The third-order valence-electron chi connectivity index (χ3n) is 1.02. The lowest BCUT2D eigenvalue weighted by atomic mass is 10.4. The molecule has 0 atom stereocenters. The van der Waals surface area contributed by atoms with Gasteiger partial charge in [-0.25, -0.2) is 0 Å². The van der Waals surface area contributed by atoms with E-state index in [1.54, 1.807) is 0 Å². The van der Waals surface area contributed by atoms with Gasteiger partial charge in [-0.3, -0.25) is 9.59 Å². The SMILES string of the molecule is O=C1COC(=O)CCN1. The van der Waals surface area contributed by atoms with Gasteiger partial charge >= 0.3 is 5.97 Å². The van der Waals surface area contributed by atoms with Crippen LogP contribution in [0.25, 0.3) is 0 Å². The van der Waals surface area contributed by atoms with Crippen LogP contribution in [0.15, 0.2) is 0 Å². The van der Waals surface area contributed by atoms with Gasteiger partial charge in [0.1, 0.15) is 0 Å². The second kappa shape index (κ2) is 2.48. The Hall–Kier alpha value is -1.06. The highest BCUT2D eigenvalue weighted by atomic mass is 16.5. The lowest BCUT2D eigenvalue weighted by Gasteiger charge is -1.93. The fourth-order valence-electron chi connectivity index (χ4n) is 0.573. The van der Waals surface area contributed by atoms with Crippen molar-refractivity contribution in [3.63, 3.8) is 0 Å². The smallest absolute Gasteiger partial charge is 0.308 e. The molecule has 1 amide bonds. The summed E-state index contributed by atoms with van der Waals surface area (Å²) in [4.78, 5) is 20.9. The summed E-state index contributed by atoms with van der Waals surface area (Å²) < 4.78 is 4.46. The molecule has 0 aromatic carbocycles. The summed E-state index contributed by atoms with van der Waals surface area (Å²) >= 11 is 0. The lowest BCUT2D eigenvalue weighted by molar-refractivity contribution is -0.146. The fourth-order valence-corrected chi connectivity index (χ4v) is 0.573. The zero-order chi connectivity index (χ0) is 6.69. The van der Waals surface area contributed by atoms with E-state index >= 15 is 0 Å². The van der Waals surface area contributed by atoms with Crippen LogP contribution < -0.4 is 5.32 Å². The summed E-state index contributed by atoms with van der Waals surface area (Å²) in [7, 11) is 0. The van der Waals surface area contributed by atoms with Gasteiger partial charge in [-0.2, -0.15) is 0 Å². The molecule has 0 aliphatic carbocycles. The van der Waals surface area contributed by atoms with Gasteiger partial charge in [0.25, 0.3) is 5.91 Å². The molecule has 1 aliphatic heterocycles. The monoisotopic (exact) mass is 129 g/mol. The van der Waals surface area contributed by atoms with Gasteiger partial charge in [0.05, 0.1) is 6.42 Å². The van der Waals surface area contributed by atoms with E-state index in [2.05, 4.69) is 10.1 Å². The van der Waals surface area contributed by atoms with Gasteiger partial charge in [0.2, 0.25) is 0 Å². The Morgan fingerprint density at radius 2 is 2.22 bits per heavy atom. The highest BCUT2D eigenvalue weighted by molar-refractivity contribution is 5.82. The number of hydrogen-bond acceptors (Lipinski definition) is 3. The Bertz CT molecular complexity index is 127. The highest BCUT2D eigenvalue weighted by Crippen LogP contribution is 1.89. The summed E-state index contributed by atoms with van der Waals surface area (Å²) in [5.74, 6) is -0.533. The molecule has 0 aromatic heterocycles. The lowest BCUT2D eigenvalue weighted by Crippen LogP contribution is -2.24. The summed E-state index contributed by atoms with van der Waals surface area (Å²) in [5.41, 5.74) is 0. The van der Waals surface area contributed by atoms with Crippen molar-refractivity contribution in [2.75, 3.05) is 13.2 Å². The molecule has 4 nitrogen and oxygen atoms in total. The van der Waals surface area contributed by atoms with Crippen molar-refractivity contribution in [3.8, 4) is 0 Å². The van der Waals surface area contributed by atoms with Crippen molar-refractivity contribution in [2.45, 2.75) is 6.42 Å². The summed E-state index contributed by atoms with van der Waals surface area (Å²) in [6, 6.07) is 0. The fraction of sp³-hybridized carbons (Fsp3) is 0.600. The minimum Gasteiger partial charge on any atom is -0.456 e. The average molecular weight is 129 g/mol. The normalized spacial score (nSPS) is 20.0. The van der Waals surface area contributed by atoms with Crippen LogP contribution in [-0.2, 0) is 14.3 Å². The van der Waals surface area contributed by atoms with E-state index in [9.17, 15) is 9.59 Å². The maximum absolute atomic E-state index is 10.4. The van der Waals surface area contributed by atoms with E-state index < -0.39 is 0 Å². The molecule has 0 saturated carbocycles. The zero-order valence-corrected chi connectivity index (χ0v) is 4.85. The summed E-state index contributed by atoms with van der Waals surface area (Å²) in [6.07, 6.45) is 0.283. The summed E-state index contributed by atoms with van der Waals surface area (Å²) in [6.45, 7) is 0.274. The zero-order valence-electron chi connectivity index (χ0n) is 4.85. The topological polar surface area (TPSA) is 55.4 Å². The number of carbonyl (C=O) groups excluding carboxylic acids is 2. The molecule has 1 saturated heterocycles. The van der Waals surface area contributed by atoms with Gasteiger partial charge < -0.3 is 10.1 Å². The van der Waals surface area contributed by atoms with Crippen LogP contribution in [-0.4, -0.2) is 25.0 Å². The van der Waals surface area contributed by atoms with Crippen LogP contribution >= 0.6 is 0 Å². The quantitative estimate of drug-likeness (QED) is 0.429. The standard InChI is InChI=1S/C5H7NO3/c7-4-3-9-5(8)1-2-6-4/h1-3H2,(H,6,7). The van der Waals surface area contributed by atoms with Crippen molar-refractivity contribution in [1.82, 2.24) is 5.32 Å². The van der Waals surface area contributed by atoms with E-state index in [-0.39, 0.29) is 24.9 Å². The number of nitrogens with one attached hydrogen (secondary N) is 1. The number of rotatable bonds is 0. The summed E-state index contributed by atoms with van der Waals surface area (Å²) in [5, 5.41) is 2.49. The molecule has 0 unspecified atom stereocenters. The molecule has 0 bridgehead atoms. The molecule has 4 heteroatoms. The minimum absolute atomic E-state index is 0.126. The maximum atomic E-state index is 10.4. The van der Waals surface area contributed by atoms with Crippen LogP contribution in [0.1, 0.15) is 6.42 Å². The van der Waals surface area contributed by atoms with Crippen LogP contribution in [0, 0.1) is 0 Å². The molecule has 1 heterocycles. The number of ether oxygens (including phenoxy) is 1. The first-order chi connectivity index (χ1) is 4.29. The van der Waals surface area contributed by atoms with Gasteiger partial charge in [-0.15, -0.1) is 0 Å². The Balaban J connectivity index is 2.43. The van der Waals surface area contributed by atoms with E-state index in [1.165, 1.54) is 0 Å². The third kappa shape index (κ3) is 1.71. The van der Waals surface area contributed by atoms with Crippen molar-refractivity contribution in [3.05, 3.63) is 0 Å². The molecular formula is C5H7NO3. The number of amides is 1. The molecule has 1 aliphatic rings. The van der Waals surface area contributed by atoms with Crippen LogP contribution in [0.4, 0.5) is 0 Å². The Morgan fingerprint density at radius 1 is 1.44 bits per heavy atom. The third-order valence-corrected chi connectivity index (χ3v) is 1.02. The predicted molar refractivity (Wildman–Crippen MR) is 28.6 cm³/mol. The van der Waals surface area contributed by atoms with Crippen molar-refractivity contribution in [1.29, 1.82) is 0 Å². The Labute approximate surface area is 52.2 Å². The first-order valence-corrected chi connectivity index (χ1v) is 2.71. The van der Waals surface area contributed by atoms with Gasteiger partial charge in [0, 0.05) is 6.54 Å². The molecular weight excluding hydrogens is 122 g/mol. The van der Waals surface area contributed by atoms with Gasteiger partial charge in [-0.1, -0.05) is 0 Å². The largest absolute Gasteiger partial charge is 0.456 e. The molecule has 0 radical (unpaired) electrons. The van der Waals surface area contributed by atoms with E-state index in [0.717, 1.165) is 0 Å². The number of cyclic esters (lactones) is 1. The van der Waals surface area contributed by atoms with Crippen LogP contribution in [0.2, 0.25) is 0 Å². The highest BCUT2D eigenvalue weighted by Gasteiger charge is 2.11. The predicted octanol–water partition coefficient (Wildman–Crippen LogP) is -0.950. The van der Waals surface area contributed by atoms with Crippen LogP contribution in [0.3, 0.4) is 0 Å². The molecule has 0 spiro atoms.